The molecule has 2 aromatic rings. The van der Waals surface area contributed by atoms with Crippen molar-refractivity contribution in [3.8, 4) is 5.69 Å². The molecule has 0 spiro atoms. The van der Waals surface area contributed by atoms with E-state index in [1.54, 1.807) is 37.3 Å². The number of esters is 1. The van der Waals surface area contributed by atoms with Gasteiger partial charge in [0.1, 0.15) is 0 Å². The molecule has 0 unspecified atom stereocenters. The summed E-state index contributed by atoms with van der Waals surface area (Å²) in [6.45, 7) is 5.74. The maximum Gasteiger partial charge on any atom is 0.364 e. The van der Waals surface area contributed by atoms with Gasteiger partial charge in [-0.3, -0.25) is 4.79 Å². The Balaban J connectivity index is 0.00000116. The highest BCUT2D eigenvalue weighted by molar-refractivity contribution is 5.86. The minimum atomic E-state index is -0.849. The molecule has 0 bridgehead atoms. The first kappa shape index (κ1) is 17.4. The van der Waals surface area contributed by atoms with Crippen LogP contribution in [0.2, 0.25) is 0 Å². The van der Waals surface area contributed by atoms with Gasteiger partial charge in [-0.25, -0.2) is 18.8 Å². The fourth-order valence-corrected chi connectivity index (χ4v) is 1.71. The molecule has 22 heavy (non-hydrogen) atoms. The summed E-state index contributed by atoms with van der Waals surface area (Å²) >= 11 is 0. The van der Waals surface area contributed by atoms with Crippen LogP contribution in [-0.2, 0) is 11.8 Å². The van der Waals surface area contributed by atoms with Crippen molar-refractivity contribution < 1.29 is 9.53 Å². The number of hydrogen-bond donors (Lipinski definition) is 0. The zero-order valence-electron chi connectivity index (χ0n) is 13.1. The Morgan fingerprint density at radius 2 is 1.77 bits per heavy atom. The fourth-order valence-electron chi connectivity index (χ4n) is 1.71. The summed E-state index contributed by atoms with van der Waals surface area (Å²) in [5, 5.41) is 3.67. The summed E-state index contributed by atoms with van der Waals surface area (Å²) in [6, 6.07) is 8.32. The Hall–Kier alpha value is -2.70. The van der Waals surface area contributed by atoms with E-state index in [1.165, 1.54) is 7.05 Å². The van der Waals surface area contributed by atoms with Gasteiger partial charge in [0.05, 0.1) is 12.3 Å². The van der Waals surface area contributed by atoms with Crippen LogP contribution in [0.4, 0.5) is 0 Å². The van der Waals surface area contributed by atoms with E-state index in [0.717, 1.165) is 9.25 Å². The second kappa shape index (κ2) is 7.92. The zero-order valence-corrected chi connectivity index (χ0v) is 13.1. The quantitative estimate of drug-likeness (QED) is 0.794. The molecule has 0 aliphatic rings. The lowest BCUT2D eigenvalue weighted by Gasteiger charge is -2.08. The molecule has 1 heterocycles. The van der Waals surface area contributed by atoms with Crippen LogP contribution in [0, 0.1) is 0 Å². The molecule has 0 aliphatic heterocycles. The first-order valence-corrected chi connectivity index (χ1v) is 6.99. The molecule has 118 valence electrons. The average Bonchev–Trinajstić information content (AvgIpc) is 2.54. The molecule has 7 nitrogen and oxygen atoms in total. The fraction of sp³-hybridized carbons (Fsp3) is 0.333. The third-order valence-electron chi connectivity index (χ3n) is 2.61. The highest BCUT2D eigenvalue weighted by atomic mass is 16.5. The smallest absolute Gasteiger partial charge is 0.364 e. The molecule has 0 saturated heterocycles. The predicted octanol–water partition coefficient (Wildman–Crippen LogP) is 1.13. The van der Waals surface area contributed by atoms with Gasteiger partial charge < -0.3 is 4.74 Å². The van der Waals surface area contributed by atoms with Gasteiger partial charge in [-0.05, 0) is 19.1 Å². The highest BCUT2D eigenvalue weighted by Gasteiger charge is 2.20. The molecule has 0 aliphatic carbocycles. The zero-order chi connectivity index (χ0) is 16.7. The lowest BCUT2D eigenvalue weighted by Crippen LogP contribution is -2.43. The normalized spacial score (nSPS) is 9.64. The maximum absolute atomic E-state index is 12.2. The van der Waals surface area contributed by atoms with Crippen LogP contribution in [0.15, 0.2) is 39.9 Å². The predicted molar refractivity (Wildman–Crippen MR) is 82.4 cm³/mol. The van der Waals surface area contributed by atoms with Gasteiger partial charge in [-0.1, -0.05) is 32.0 Å². The van der Waals surface area contributed by atoms with Gasteiger partial charge in [0.15, 0.2) is 0 Å². The Morgan fingerprint density at radius 1 is 1.18 bits per heavy atom. The first-order valence-electron chi connectivity index (χ1n) is 6.99. The monoisotopic (exact) mass is 305 g/mol. The van der Waals surface area contributed by atoms with Crippen molar-refractivity contribution in [2.24, 2.45) is 7.05 Å². The lowest BCUT2D eigenvalue weighted by atomic mass is 10.3. The summed E-state index contributed by atoms with van der Waals surface area (Å²) in [6.07, 6.45) is 0. The number of aromatic nitrogens is 3. The number of carbonyl (C=O) groups is 1. The van der Waals surface area contributed by atoms with Crippen LogP contribution in [0.25, 0.3) is 5.69 Å². The topological polar surface area (TPSA) is 83.2 Å². The van der Waals surface area contributed by atoms with E-state index >= 15 is 0 Å². The summed E-state index contributed by atoms with van der Waals surface area (Å²) in [4.78, 5) is 36.0. The molecule has 7 heteroatoms. The maximum atomic E-state index is 12.2. The second-order valence-electron chi connectivity index (χ2n) is 3.95. The van der Waals surface area contributed by atoms with Crippen molar-refractivity contribution in [3.05, 3.63) is 56.9 Å². The Morgan fingerprint density at radius 3 is 2.32 bits per heavy atom. The molecule has 0 saturated carbocycles. The van der Waals surface area contributed by atoms with Crippen LogP contribution in [0.5, 0.6) is 0 Å². The van der Waals surface area contributed by atoms with E-state index in [4.69, 9.17) is 4.74 Å². The number of aryl methyl sites for hydroxylation is 1. The Bertz CT molecular complexity index is 748. The largest absolute Gasteiger partial charge is 0.461 e. The molecule has 1 aromatic heterocycles. The van der Waals surface area contributed by atoms with Crippen molar-refractivity contribution in [2.75, 3.05) is 6.61 Å². The van der Waals surface area contributed by atoms with Crippen molar-refractivity contribution in [1.82, 2.24) is 14.3 Å². The van der Waals surface area contributed by atoms with Crippen LogP contribution < -0.4 is 11.2 Å². The van der Waals surface area contributed by atoms with Crippen LogP contribution in [0.1, 0.15) is 31.3 Å². The third-order valence-corrected chi connectivity index (χ3v) is 2.61. The standard InChI is InChI=1S/C13H13N3O4.C2H6/c1-3-20-12(18)10-11(17)16(13(19)15(2)14-10)9-7-5-4-6-8-9;1-2/h4-8H,3H2,1-2H3;1-2H3. The van der Waals surface area contributed by atoms with Gasteiger partial charge in [-0.2, -0.15) is 5.10 Å². The van der Waals surface area contributed by atoms with Gasteiger partial charge >= 0.3 is 11.7 Å². The summed E-state index contributed by atoms with van der Waals surface area (Å²) in [5.74, 6) is -0.849. The number of para-hydroxylation sites is 1. The van der Waals surface area contributed by atoms with Crippen molar-refractivity contribution in [3.63, 3.8) is 0 Å². The first-order chi connectivity index (χ1) is 10.6. The molecule has 0 fully saturated rings. The van der Waals surface area contributed by atoms with E-state index < -0.39 is 22.9 Å². The summed E-state index contributed by atoms with van der Waals surface area (Å²) in [5.41, 5.74) is -1.48. The van der Waals surface area contributed by atoms with Crippen molar-refractivity contribution >= 4 is 5.97 Å². The van der Waals surface area contributed by atoms with E-state index in [1.807, 2.05) is 13.8 Å². The summed E-state index contributed by atoms with van der Waals surface area (Å²) < 4.78 is 6.58. The number of benzene rings is 1. The molecule has 1 aromatic carbocycles. The van der Waals surface area contributed by atoms with Gasteiger partial charge in [0.2, 0.25) is 5.69 Å². The molecule has 0 radical (unpaired) electrons. The molecule has 0 N–H and O–H groups in total. The SMILES string of the molecule is CC.CCOC(=O)c1nn(C)c(=O)n(-c2ccccc2)c1=O. The molecular formula is C15H19N3O4. The van der Waals surface area contributed by atoms with E-state index in [0.29, 0.717) is 5.69 Å². The summed E-state index contributed by atoms with van der Waals surface area (Å²) in [7, 11) is 1.37. The second-order valence-corrected chi connectivity index (χ2v) is 3.95. The molecule has 2 rings (SSSR count). The van der Waals surface area contributed by atoms with E-state index in [-0.39, 0.29) is 6.61 Å². The molecule has 0 amide bonds. The molecular weight excluding hydrogens is 286 g/mol. The van der Waals surface area contributed by atoms with Crippen molar-refractivity contribution in [1.29, 1.82) is 0 Å². The van der Waals surface area contributed by atoms with Crippen LogP contribution in [-0.4, -0.2) is 26.9 Å². The lowest BCUT2D eigenvalue weighted by molar-refractivity contribution is 0.0513. The number of ether oxygens (including phenoxy) is 1. The van der Waals surface area contributed by atoms with E-state index in [9.17, 15) is 14.4 Å². The highest BCUT2D eigenvalue weighted by Crippen LogP contribution is 2.01. The number of carbonyl (C=O) groups excluding carboxylic acids is 1. The number of rotatable bonds is 3. The number of nitrogens with zero attached hydrogens (tertiary/aromatic N) is 3. The van der Waals surface area contributed by atoms with Gasteiger partial charge in [0, 0.05) is 7.05 Å². The average molecular weight is 305 g/mol. The third kappa shape index (κ3) is 3.49. The van der Waals surface area contributed by atoms with Gasteiger partial charge in [0.25, 0.3) is 5.56 Å². The minimum Gasteiger partial charge on any atom is -0.461 e. The van der Waals surface area contributed by atoms with Crippen LogP contribution in [0.3, 0.4) is 0 Å². The van der Waals surface area contributed by atoms with Gasteiger partial charge in [-0.15, -0.1) is 0 Å². The minimum absolute atomic E-state index is 0.119. The van der Waals surface area contributed by atoms with Crippen LogP contribution >= 0.6 is 0 Å². The Labute approximate surface area is 127 Å². The Kier molecular flexibility index (Phi) is 6.25. The molecule has 0 atom stereocenters. The number of hydrogen-bond acceptors (Lipinski definition) is 5. The van der Waals surface area contributed by atoms with E-state index in [2.05, 4.69) is 5.10 Å². The van der Waals surface area contributed by atoms with Crippen molar-refractivity contribution in [2.45, 2.75) is 20.8 Å².